The zero-order chi connectivity index (χ0) is 15.5. The van der Waals surface area contributed by atoms with Crippen LogP contribution in [0.25, 0.3) is 0 Å². The van der Waals surface area contributed by atoms with Crippen LogP contribution in [0.1, 0.15) is 18.5 Å². The van der Waals surface area contributed by atoms with Gasteiger partial charge in [-0.1, -0.05) is 11.6 Å². The highest BCUT2D eigenvalue weighted by molar-refractivity contribution is 6.30. The second kappa shape index (κ2) is 6.69. The van der Waals surface area contributed by atoms with Gasteiger partial charge in [0.2, 0.25) is 0 Å². The quantitative estimate of drug-likeness (QED) is 0.886. The predicted octanol–water partition coefficient (Wildman–Crippen LogP) is 2.13. The van der Waals surface area contributed by atoms with Crippen molar-refractivity contribution in [2.45, 2.75) is 37.6 Å². The molecule has 3 atom stereocenters. The van der Waals surface area contributed by atoms with Gasteiger partial charge in [0.25, 0.3) is 0 Å². The Balaban J connectivity index is 1.54. The summed E-state index contributed by atoms with van der Waals surface area (Å²) in [5.41, 5.74) is 1.09. The molecule has 0 radical (unpaired) electrons. The largest absolute Gasteiger partial charge is 0.488 e. The fourth-order valence-corrected chi connectivity index (χ4v) is 2.92. The summed E-state index contributed by atoms with van der Waals surface area (Å²) >= 11 is 5.86. The average molecular weight is 322 g/mol. The number of hydrogen-bond donors (Lipinski definition) is 2. The number of aliphatic hydroxyl groups is 1. The summed E-state index contributed by atoms with van der Waals surface area (Å²) in [5, 5.41) is 18.6. The van der Waals surface area contributed by atoms with Gasteiger partial charge in [0.05, 0.1) is 5.69 Å². The molecule has 0 amide bonds. The Bertz CT molecular complexity index is 614. The minimum atomic E-state index is -0.524. The van der Waals surface area contributed by atoms with Gasteiger partial charge in [-0.15, -0.1) is 0 Å². The molecule has 0 bridgehead atoms. The van der Waals surface area contributed by atoms with Gasteiger partial charge in [-0.05, 0) is 43.2 Å². The number of aromatic nitrogens is 2. The summed E-state index contributed by atoms with van der Waals surface area (Å²) in [6.45, 7) is 0.686. The number of hydrogen-bond acceptors (Lipinski definition) is 4. The molecule has 5 nitrogen and oxygen atoms in total. The van der Waals surface area contributed by atoms with Crippen molar-refractivity contribution in [2.75, 3.05) is 0 Å². The maximum Gasteiger partial charge on any atom is 0.126 e. The first kappa shape index (κ1) is 15.3. The Labute approximate surface area is 134 Å². The number of nitrogens with one attached hydrogen (secondary N) is 1. The minimum absolute atomic E-state index is 0.0344. The van der Waals surface area contributed by atoms with Crippen molar-refractivity contribution in [2.24, 2.45) is 7.05 Å². The summed E-state index contributed by atoms with van der Waals surface area (Å²) in [5.74, 6) is 0.737. The van der Waals surface area contributed by atoms with Crippen molar-refractivity contribution in [3.05, 3.63) is 47.2 Å². The van der Waals surface area contributed by atoms with Gasteiger partial charge in [0.15, 0.2) is 0 Å². The molecule has 6 heteroatoms. The molecule has 3 rings (SSSR count). The standard InChI is InChI=1S/C16H20ClN3O2/c1-20-12(8-9-19-20)10-18-14-6-7-15(16(14)21)22-13-4-2-11(17)3-5-13/h2-5,8-9,14-16,18,21H,6-7,10H2,1H3/t14-,15-,16+/m0/s1. The Morgan fingerprint density at radius 2 is 2.09 bits per heavy atom. The highest BCUT2D eigenvalue weighted by atomic mass is 35.5. The van der Waals surface area contributed by atoms with E-state index >= 15 is 0 Å². The van der Waals surface area contributed by atoms with Crippen LogP contribution < -0.4 is 10.1 Å². The van der Waals surface area contributed by atoms with Crippen LogP contribution in [0.5, 0.6) is 5.75 Å². The average Bonchev–Trinajstić information content (AvgIpc) is 3.07. The van der Waals surface area contributed by atoms with Crippen LogP contribution >= 0.6 is 11.6 Å². The molecule has 22 heavy (non-hydrogen) atoms. The fraction of sp³-hybridized carbons (Fsp3) is 0.438. The van der Waals surface area contributed by atoms with Crippen molar-refractivity contribution in [1.29, 1.82) is 0 Å². The topological polar surface area (TPSA) is 59.3 Å². The van der Waals surface area contributed by atoms with E-state index in [4.69, 9.17) is 16.3 Å². The molecular weight excluding hydrogens is 302 g/mol. The molecule has 2 aromatic rings. The van der Waals surface area contributed by atoms with E-state index in [2.05, 4.69) is 10.4 Å². The summed E-state index contributed by atoms with van der Waals surface area (Å²) < 4.78 is 7.70. The molecule has 0 spiro atoms. The summed E-state index contributed by atoms with van der Waals surface area (Å²) in [7, 11) is 1.91. The van der Waals surface area contributed by atoms with Gasteiger partial charge in [0, 0.05) is 30.9 Å². The van der Waals surface area contributed by atoms with Crippen molar-refractivity contribution in [3.8, 4) is 5.75 Å². The van der Waals surface area contributed by atoms with Gasteiger partial charge in [-0.2, -0.15) is 5.10 Å². The third-order valence-electron chi connectivity index (χ3n) is 4.12. The molecule has 1 aromatic carbocycles. The zero-order valence-electron chi connectivity index (χ0n) is 12.4. The lowest BCUT2D eigenvalue weighted by Crippen LogP contribution is -2.41. The highest BCUT2D eigenvalue weighted by Gasteiger charge is 2.36. The van der Waals surface area contributed by atoms with Crippen molar-refractivity contribution >= 4 is 11.6 Å². The number of halogens is 1. The lowest BCUT2D eigenvalue weighted by atomic mass is 10.2. The SMILES string of the molecule is Cn1nccc1CN[C@H]1CC[C@H](Oc2ccc(Cl)cc2)[C@@H]1O. The van der Waals surface area contributed by atoms with Crippen LogP contribution in [-0.2, 0) is 13.6 Å². The van der Waals surface area contributed by atoms with Crippen LogP contribution in [0.15, 0.2) is 36.5 Å². The van der Waals surface area contributed by atoms with E-state index in [1.807, 2.05) is 29.9 Å². The van der Waals surface area contributed by atoms with E-state index in [0.29, 0.717) is 11.6 Å². The zero-order valence-corrected chi connectivity index (χ0v) is 13.2. The van der Waals surface area contributed by atoms with Gasteiger partial charge in [-0.25, -0.2) is 0 Å². The number of benzene rings is 1. The second-order valence-electron chi connectivity index (χ2n) is 5.61. The van der Waals surface area contributed by atoms with Crippen molar-refractivity contribution in [1.82, 2.24) is 15.1 Å². The van der Waals surface area contributed by atoms with Gasteiger partial charge < -0.3 is 15.2 Å². The molecule has 0 saturated heterocycles. The van der Waals surface area contributed by atoms with Gasteiger partial charge in [-0.3, -0.25) is 4.68 Å². The number of ether oxygens (including phenoxy) is 1. The first-order valence-corrected chi connectivity index (χ1v) is 7.82. The molecule has 1 aliphatic rings. The molecule has 118 valence electrons. The van der Waals surface area contributed by atoms with E-state index in [1.165, 1.54) is 0 Å². The lowest BCUT2D eigenvalue weighted by Gasteiger charge is -2.21. The smallest absolute Gasteiger partial charge is 0.126 e. The van der Waals surface area contributed by atoms with E-state index in [-0.39, 0.29) is 12.1 Å². The summed E-state index contributed by atoms with van der Waals surface area (Å²) in [6.07, 6.45) is 2.77. The molecule has 1 aromatic heterocycles. The lowest BCUT2D eigenvalue weighted by molar-refractivity contribution is 0.0448. The predicted molar refractivity (Wildman–Crippen MR) is 84.9 cm³/mol. The Morgan fingerprint density at radius 3 is 2.77 bits per heavy atom. The Morgan fingerprint density at radius 1 is 1.32 bits per heavy atom. The van der Waals surface area contributed by atoms with Crippen LogP contribution in [0, 0.1) is 0 Å². The molecule has 1 aliphatic carbocycles. The van der Waals surface area contributed by atoms with Crippen molar-refractivity contribution < 1.29 is 9.84 Å². The molecule has 0 aliphatic heterocycles. The van der Waals surface area contributed by atoms with Crippen LogP contribution in [-0.4, -0.2) is 33.1 Å². The summed E-state index contributed by atoms with van der Waals surface area (Å²) in [6, 6.07) is 9.23. The van der Waals surface area contributed by atoms with Crippen LogP contribution in [0.4, 0.5) is 0 Å². The van der Waals surface area contributed by atoms with Crippen LogP contribution in [0.3, 0.4) is 0 Å². The van der Waals surface area contributed by atoms with Crippen molar-refractivity contribution in [3.63, 3.8) is 0 Å². The maximum atomic E-state index is 10.4. The first-order valence-electron chi connectivity index (χ1n) is 7.44. The van der Waals surface area contributed by atoms with E-state index in [0.717, 1.165) is 24.3 Å². The number of nitrogens with zero attached hydrogens (tertiary/aromatic N) is 2. The normalized spacial score (nSPS) is 24.6. The molecule has 1 heterocycles. The monoisotopic (exact) mass is 321 g/mol. The molecule has 0 unspecified atom stereocenters. The summed E-state index contributed by atoms with van der Waals surface area (Å²) in [4.78, 5) is 0. The van der Waals surface area contributed by atoms with E-state index in [9.17, 15) is 5.11 Å². The third-order valence-corrected chi connectivity index (χ3v) is 4.38. The Hall–Kier alpha value is -1.56. The molecule has 1 fully saturated rings. The number of aryl methyl sites for hydroxylation is 1. The Kier molecular flexibility index (Phi) is 4.66. The molecule has 1 saturated carbocycles. The minimum Gasteiger partial charge on any atom is -0.488 e. The highest BCUT2D eigenvalue weighted by Crippen LogP contribution is 2.26. The van der Waals surface area contributed by atoms with Gasteiger partial charge >= 0.3 is 0 Å². The second-order valence-corrected chi connectivity index (χ2v) is 6.05. The van der Waals surface area contributed by atoms with E-state index in [1.54, 1.807) is 18.3 Å². The number of aliphatic hydroxyl groups excluding tert-OH is 1. The van der Waals surface area contributed by atoms with Crippen LogP contribution in [0.2, 0.25) is 5.02 Å². The molecule has 2 N–H and O–H groups in total. The fourth-order valence-electron chi connectivity index (χ4n) is 2.79. The number of rotatable bonds is 5. The van der Waals surface area contributed by atoms with Gasteiger partial charge in [0.1, 0.15) is 18.0 Å². The first-order chi connectivity index (χ1) is 10.6. The molecular formula is C16H20ClN3O2. The third kappa shape index (κ3) is 3.43. The maximum absolute atomic E-state index is 10.4. The van der Waals surface area contributed by atoms with E-state index < -0.39 is 6.10 Å².